The van der Waals surface area contributed by atoms with E-state index in [1.807, 2.05) is 28.5 Å². The van der Waals surface area contributed by atoms with Gasteiger partial charge in [0.1, 0.15) is 5.82 Å². The molecule has 2 aromatic heterocycles. The Balaban J connectivity index is 1.25. The Bertz CT molecular complexity index is 965. The van der Waals surface area contributed by atoms with Crippen molar-refractivity contribution in [3.63, 3.8) is 0 Å². The zero-order valence-electron chi connectivity index (χ0n) is 15.1. The lowest BCUT2D eigenvalue weighted by Gasteiger charge is -2.26. The first kappa shape index (κ1) is 19.0. The van der Waals surface area contributed by atoms with Gasteiger partial charge < -0.3 is 9.42 Å². The molecule has 0 aliphatic carbocycles. The SMILES string of the molecule is O=C(CSCc1cc(-c2cccs2)on1)N1CC=C(c2ccc(F)cc2)CC1. The van der Waals surface area contributed by atoms with Gasteiger partial charge in [0.2, 0.25) is 5.91 Å². The smallest absolute Gasteiger partial charge is 0.232 e. The molecular formula is C21H19FN2O2S2. The molecule has 4 rings (SSSR count). The summed E-state index contributed by atoms with van der Waals surface area (Å²) in [4.78, 5) is 15.4. The standard InChI is InChI=1S/C21H19FN2O2S2/c22-17-5-3-15(4-6-17)16-7-9-24(10-8-16)21(25)14-27-13-18-12-19(26-23-18)20-2-1-11-28-20/h1-7,11-12H,8-10,13-14H2. The van der Waals surface area contributed by atoms with E-state index in [-0.39, 0.29) is 11.7 Å². The molecule has 0 saturated heterocycles. The highest BCUT2D eigenvalue weighted by Gasteiger charge is 2.18. The first-order chi connectivity index (χ1) is 13.7. The number of aromatic nitrogens is 1. The highest BCUT2D eigenvalue weighted by atomic mass is 32.2. The summed E-state index contributed by atoms with van der Waals surface area (Å²) in [6.07, 6.45) is 2.85. The fraction of sp³-hybridized carbons (Fsp3) is 0.238. The summed E-state index contributed by atoms with van der Waals surface area (Å²) in [5, 5.41) is 6.08. The Kier molecular flexibility index (Phi) is 5.92. The minimum atomic E-state index is -0.233. The predicted molar refractivity (Wildman–Crippen MR) is 112 cm³/mol. The summed E-state index contributed by atoms with van der Waals surface area (Å²) in [5.74, 6) is 1.72. The van der Waals surface area contributed by atoms with Crippen molar-refractivity contribution in [3.8, 4) is 10.6 Å². The largest absolute Gasteiger partial charge is 0.355 e. The van der Waals surface area contributed by atoms with E-state index in [0.29, 0.717) is 24.6 Å². The van der Waals surface area contributed by atoms with Crippen LogP contribution in [-0.2, 0) is 10.5 Å². The second-order valence-corrected chi connectivity index (χ2v) is 8.41. The van der Waals surface area contributed by atoms with Crippen molar-refractivity contribution in [2.24, 2.45) is 0 Å². The van der Waals surface area contributed by atoms with Gasteiger partial charge in [0.15, 0.2) is 5.76 Å². The number of hydrogen-bond acceptors (Lipinski definition) is 5. The van der Waals surface area contributed by atoms with Crippen LogP contribution in [0, 0.1) is 5.82 Å². The van der Waals surface area contributed by atoms with Gasteiger partial charge in [-0.05, 0) is 41.1 Å². The van der Waals surface area contributed by atoms with Crippen LogP contribution in [-0.4, -0.2) is 34.8 Å². The lowest BCUT2D eigenvalue weighted by atomic mass is 9.99. The maximum Gasteiger partial charge on any atom is 0.232 e. The van der Waals surface area contributed by atoms with Gasteiger partial charge in [0, 0.05) is 24.9 Å². The van der Waals surface area contributed by atoms with E-state index in [1.165, 1.54) is 17.7 Å². The number of carbonyl (C=O) groups is 1. The van der Waals surface area contributed by atoms with Crippen LogP contribution in [0.2, 0.25) is 0 Å². The van der Waals surface area contributed by atoms with Crippen LogP contribution in [0.15, 0.2) is 58.4 Å². The van der Waals surface area contributed by atoms with E-state index in [0.717, 1.165) is 28.3 Å². The number of nitrogens with zero attached hydrogens (tertiary/aromatic N) is 2. The van der Waals surface area contributed by atoms with Gasteiger partial charge in [-0.1, -0.05) is 29.4 Å². The molecule has 0 spiro atoms. The highest BCUT2D eigenvalue weighted by Crippen LogP contribution is 2.27. The zero-order chi connectivity index (χ0) is 19.3. The van der Waals surface area contributed by atoms with Gasteiger partial charge in [-0.3, -0.25) is 4.79 Å². The normalized spacial score (nSPS) is 14.2. The molecule has 7 heteroatoms. The minimum absolute atomic E-state index is 0.126. The molecule has 28 heavy (non-hydrogen) atoms. The Morgan fingerprint density at radius 2 is 2.14 bits per heavy atom. The molecule has 3 aromatic rings. The van der Waals surface area contributed by atoms with Crippen LogP contribution >= 0.6 is 23.1 Å². The van der Waals surface area contributed by atoms with Crippen molar-refractivity contribution < 1.29 is 13.7 Å². The number of benzene rings is 1. The number of carbonyl (C=O) groups excluding carboxylic acids is 1. The third kappa shape index (κ3) is 4.54. The number of thiophene rings is 1. The molecule has 1 amide bonds. The summed E-state index contributed by atoms with van der Waals surface area (Å²) in [7, 11) is 0. The third-order valence-electron chi connectivity index (χ3n) is 4.58. The maximum absolute atomic E-state index is 13.1. The number of thioether (sulfide) groups is 1. The van der Waals surface area contributed by atoms with Crippen LogP contribution in [0.3, 0.4) is 0 Å². The molecule has 0 saturated carbocycles. The lowest BCUT2D eigenvalue weighted by Crippen LogP contribution is -2.35. The predicted octanol–water partition coefficient (Wildman–Crippen LogP) is 5.09. The second kappa shape index (κ2) is 8.75. The molecule has 0 bridgehead atoms. The van der Waals surface area contributed by atoms with Gasteiger partial charge in [0.05, 0.1) is 16.3 Å². The zero-order valence-corrected chi connectivity index (χ0v) is 16.8. The molecule has 144 valence electrons. The number of halogens is 1. The quantitative estimate of drug-likeness (QED) is 0.564. The third-order valence-corrected chi connectivity index (χ3v) is 6.41. The second-order valence-electron chi connectivity index (χ2n) is 6.48. The monoisotopic (exact) mass is 414 g/mol. The van der Waals surface area contributed by atoms with Gasteiger partial charge in [-0.15, -0.1) is 23.1 Å². The van der Waals surface area contributed by atoms with Crippen molar-refractivity contribution in [2.45, 2.75) is 12.2 Å². The van der Waals surface area contributed by atoms with E-state index in [9.17, 15) is 9.18 Å². The summed E-state index contributed by atoms with van der Waals surface area (Å²) in [6.45, 7) is 1.29. The molecule has 0 unspecified atom stereocenters. The van der Waals surface area contributed by atoms with E-state index in [1.54, 1.807) is 35.2 Å². The van der Waals surface area contributed by atoms with Crippen LogP contribution in [0.1, 0.15) is 17.7 Å². The van der Waals surface area contributed by atoms with E-state index >= 15 is 0 Å². The van der Waals surface area contributed by atoms with Crippen LogP contribution in [0.5, 0.6) is 0 Å². The van der Waals surface area contributed by atoms with Crippen LogP contribution < -0.4 is 0 Å². The summed E-state index contributed by atoms with van der Waals surface area (Å²) < 4.78 is 18.4. The van der Waals surface area contributed by atoms with E-state index in [2.05, 4.69) is 11.2 Å². The minimum Gasteiger partial charge on any atom is -0.355 e. The van der Waals surface area contributed by atoms with Crippen molar-refractivity contribution in [1.82, 2.24) is 10.1 Å². The van der Waals surface area contributed by atoms with Crippen molar-refractivity contribution in [1.29, 1.82) is 0 Å². The number of hydrogen-bond donors (Lipinski definition) is 0. The Labute approximate surface area is 171 Å². The van der Waals surface area contributed by atoms with Crippen molar-refractivity contribution in [2.75, 3.05) is 18.8 Å². The fourth-order valence-electron chi connectivity index (χ4n) is 3.07. The molecular weight excluding hydrogens is 395 g/mol. The van der Waals surface area contributed by atoms with Gasteiger partial charge in [-0.25, -0.2) is 4.39 Å². The Morgan fingerprint density at radius 1 is 1.29 bits per heavy atom. The average Bonchev–Trinajstić information content (AvgIpc) is 3.40. The highest BCUT2D eigenvalue weighted by molar-refractivity contribution is 7.99. The van der Waals surface area contributed by atoms with Crippen molar-refractivity contribution in [3.05, 3.63) is 71.0 Å². The molecule has 1 aliphatic rings. The molecule has 0 fully saturated rings. The van der Waals surface area contributed by atoms with Gasteiger partial charge in [0.25, 0.3) is 0 Å². The molecule has 1 aliphatic heterocycles. The lowest BCUT2D eigenvalue weighted by molar-refractivity contribution is -0.127. The number of amides is 1. The molecule has 4 nitrogen and oxygen atoms in total. The average molecular weight is 415 g/mol. The number of rotatable bonds is 6. The summed E-state index contributed by atoms with van der Waals surface area (Å²) in [6, 6.07) is 12.4. The molecule has 0 atom stereocenters. The fourth-order valence-corrected chi connectivity index (χ4v) is 4.55. The first-order valence-corrected chi connectivity index (χ1v) is 11.0. The maximum atomic E-state index is 13.1. The van der Waals surface area contributed by atoms with Crippen LogP contribution in [0.4, 0.5) is 4.39 Å². The molecule has 3 heterocycles. The Hall–Kier alpha value is -2.38. The van der Waals surface area contributed by atoms with E-state index in [4.69, 9.17) is 4.52 Å². The molecule has 0 radical (unpaired) electrons. The topological polar surface area (TPSA) is 46.3 Å². The molecule has 1 aromatic carbocycles. The summed E-state index contributed by atoms with van der Waals surface area (Å²) in [5.41, 5.74) is 3.04. The van der Waals surface area contributed by atoms with Gasteiger partial charge in [-0.2, -0.15) is 0 Å². The first-order valence-electron chi connectivity index (χ1n) is 8.99. The molecule has 0 N–H and O–H groups in total. The van der Waals surface area contributed by atoms with Crippen LogP contribution in [0.25, 0.3) is 16.2 Å². The Morgan fingerprint density at radius 3 is 2.86 bits per heavy atom. The van der Waals surface area contributed by atoms with Crippen molar-refractivity contribution >= 4 is 34.6 Å². The van der Waals surface area contributed by atoms with Gasteiger partial charge >= 0.3 is 0 Å². The summed E-state index contributed by atoms with van der Waals surface area (Å²) >= 11 is 3.16. The van der Waals surface area contributed by atoms with E-state index < -0.39 is 0 Å².